The number of hydrogen-bond donors (Lipinski definition) is 1. The average Bonchev–Trinajstić information content (AvgIpc) is 2.96. The number of rotatable bonds is 7. The van der Waals surface area contributed by atoms with Crippen molar-refractivity contribution in [2.24, 2.45) is 5.92 Å². The normalized spacial score (nSPS) is 18.2. The number of amides is 1. The standard InChI is InChI=1S/C22H26ClNO5S/c1-28-17-11-15(12-18(14-17)29-2)13-21(20-5-3-4-10-24-22(20)25)30(26,27)19-8-6-16(23)7-9-19/h6-9,11-12,14,20-21H,3-5,10,13H2,1-2H3,(H,24,25). The molecule has 0 radical (unpaired) electrons. The van der Waals surface area contributed by atoms with Crippen molar-refractivity contribution in [1.29, 1.82) is 0 Å². The summed E-state index contributed by atoms with van der Waals surface area (Å²) in [6.45, 7) is 0.566. The molecule has 6 nitrogen and oxygen atoms in total. The molecule has 0 saturated carbocycles. The summed E-state index contributed by atoms with van der Waals surface area (Å²) in [4.78, 5) is 12.9. The molecule has 1 fully saturated rings. The van der Waals surface area contributed by atoms with E-state index in [0.717, 1.165) is 18.4 Å². The molecule has 0 spiro atoms. The molecule has 2 aromatic carbocycles. The van der Waals surface area contributed by atoms with Gasteiger partial charge in [-0.3, -0.25) is 4.79 Å². The molecule has 1 amide bonds. The summed E-state index contributed by atoms with van der Waals surface area (Å²) >= 11 is 5.94. The minimum atomic E-state index is -3.81. The molecular weight excluding hydrogens is 426 g/mol. The molecule has 1 saturated heterocycles. The summed E-state index contributed by atoms with van der Waals surface area (Å²) in [5.41, 5.74) is 0.728. The number of benzene rings is 2. The lowest BCUT2D eigenvalue weighted by Gasteiger charge is -2.25. The summed E-state index contributed by atoms with van der Waals surface area (Å²) in [6.07, 6.45) is 2.31. The lowest BCUT2D eigenvalue weighted by atomic mass is 9.94. The van der Waals surface area contributed by atoms with Crippen LogP contribution in [0.2, 0.25) is 5.02 Å². The highest BCUT2D eigenvalue weighted by Crippen LogP contribution is 2.32. The van der Waals surface area contributed by atoms with Gasteiger partial charge < -0.3 is 14.8 Å². The van der Waals surface area contributed by atoms with Crippen LogP contribution in [0.4, 0.5) is 0 Å². The van der Waals surface area contributed by atoms with Crippen molar-refractivity contribution < 1.29 is 22.7 Å². The van der Waals surface area contributed by atoms with E-state index in [0.29, 0.717) is 29.5 Å². The van der Waals surface area contributed by atoms with Gasteiger partial charge in [-0.2, -0.15) is 0 Å². The number of halogens is 1. The van der Waals surface area contributed by atoms with Crippen LogP contribution in [0.5, 0.6) is 11.5 Å². The topological polar surface area (TPSA) is 81.7 Å². The molecule has 2 aromatic rings. The molecule has 1 N–H and O–H groups in total. The molecule has 30 heavy (non-hydrogen) atoms. The van der Waals surface area contributed by atoms with Crippen LogP contribution in [-0.2, 0) is 21.1 Å². The number of sulfone groups is 1. The molecule has 1 aliphatic rings. The second kappa shape index (κ2) is 9.71. The minimum absolute atomic E-state index is 0.156. The van der Waals surface area contributed by atoms with Crippen molar-refractivity contribution in [1.82, 2.24) is 5.32 Å². The van der Waals surface area contributed by atoms with Crippen LogP contribution in [0.3, 0.4) is 0 Å². The number of methoxy groups -OCH3 is 2. The Kier molecular flexibility index (Phi) is 7.26. The van der Waals surface area contributed by atoms with Gasteiger partial charge in [0, 0.05) is 17.6 Å². The molecule has 2 atom stereocenters. The SMILES string of the molecule is COc1cc(CC(C2CCCCNC2=O)S(=O)(=O)c2ccc(Cl)cc2)cc(OC)c1. The average molecular weight is 452 g/mol. The lowest BCUT2D eigenvalue weighted by molar-refractivity contribution is -0.124. The van der Waals surface area contributed by atoms with Crippen LogP contribution >= 0.6 is 11.6 Å². The van der Waals surface area contributed by atoms with Gasteiger partial charge in [0.05, 0.1) is 30.3 Å². The van der Waals surface area contributed by atoms with Gasteiger partial charge in [0.25, 0.3) is 0 Å². The first-order chi connectivity index (χ1) is 14.3. The Labute approximate surface area is 182 Å². The smallest absolute Gasteiger partial charge is 0.224 e. The Morgan fingerprint density at radius 2 is 1.70 bits per heavy atom. The maximum atomic E-state index is 13.6. The highest BCUT2D eigenvalue weighted by molar-refractivity contribution is 7.92. The minimum Gasteiger partial charge on any atom is -0.497 e. The lowest BCUT2D eigenvalue weighted by Crippen LogP contribution is -2.41. The highest BCUT2D eigenvalue weighted by Gasteiger charge is 2.39. The number of carbonyl (C=O) groups is 1. The van der Waals surface area contributed by atoms with Gasteiger partial charge in [-0.1, -0.05) is 18.0 Å². The van der Waals surface area contributed by atoms with E-state index in [4.69, 9.17) is 21.1 Å². The number of hydrogen-bond acceptors (Lipinski definition) is 5. The zero-order valence-electron chi connectivity index (χ0n) is 17.1. The summed E-state index contributed by atoms with van der Waals surface area (Å²) in [6, 6.07) is 11.4. The summed E-state index contributed by atoms with van der Waals surface area (Å²) in [7, 11) is -0.723. The van der Waals surface area contributed by atoms with Gasteiger partial charge in [-0.15, -0.1) is 0 Å². The molecule has 3 rings (SSSR count). The summed E-state index contributed by atoms with van der Waals surface area (Å²) < 4.78 is 37.9. The van der Waals surface area contributed by atoms with E-state index in [2.05, 4.69) is 5.32 Å². The van der Waals surface area contributed by atoms with Crippen LogP contribution < -0.4 is 14.8 Å². The van der Waals surface area contributed by atoms with E-state index in [1.54, 1.807) is 44.6 Å². The van der Waals surface area contributed by atoms with E-state index < -0.39 is 21.0 Å². The van der Waals surface area contributed by atoms with Gasteiger partial charge in [0.2, 0.25) is 5.91 Å². The summed E-state index contributed by atoms with van der Waals surface area (Å²) in [5, 5.41) is 2.40. The van der Waals surface area contributed by atoms with Crippen molar-refractivity contribution in [3.8, 4) is 11.5 Å². The van der Waals surface area contributed by atoms with Crippen molar-refractivity contribution in [2.75, 3.05) is 20.8 Å². The Morgan fingerprint density at radius 1 is 1.07 bits per heavy atom. The predicted octanol–water partition coefficient (Wildman–Crippen LogP) is 3.66. The summed E-state index contributed by atoms with van der Waals surface area (Å²) in [5.74, 6) is 0.268. The number of nitrogens with one attached hydrogen (secondary N) is 1. The molecular formula is C22H26ClNO5S. The first kappa shape index (κ1) is 22.4. The van der Waals surface area contributed by atoms with Crippen molar-refractivity contribution in [2.45, 2.75) is 35.8 Å². The fourth-order valence-electron chi connectivity index (χ4n) is 3.80. The Bertz CT molecular complexity index is 969. The first-order valence-electron chi connectivity index (χ1n) is 9.84. The Hall–Kier alpha value is -2.25. The van der Waals surface area contributed by atoms with Crippen LogP contribution in [0, 0.1) is 5.92 Å². The van der Waals surface area contributed by atoms with E-state index in [1.165, 1.54) is 12.1 Å². The molecule has 2 unspecified atom stereocenters. The largest absolute Gasteiger partial charge is 0.497 e. The van der Waals surface area contributed by atoms with Gasteiger partial charge in [0.1, 0.15) is 11.5 Å². The Morgan fingerprint density at radius 3 is 2.30 bits per heavy atom. The van der Waals surface area contributed by atoms with Crippen LogP contribution in [-0.4, -0.2) is 40.3 Å². The molecule has 162 valence electrons. The second-order valence-electron chi connectivity index (χ2n) is 7.36. The monoisotopic (exact) mass is 451 g/mol. The third-order valence-corrected chi connectivity index (χ3v) is 7.89. The maximum absolute atomic E-state index is 13.6. The molecule has 0 aromatic heterocycles. The molecule has 0 bridgehead atoms. The van der Waals surface area contributed by atoms with Crippen molar-refractivity contribution in [3.05, 3.63) is 53.1 Å². The van der Waals surface area contributed by atoms with Gasteiger partial charge in [-0.05, 0) is 61.2 Å². The van der Waals surface area contributed by atoms with E-state index >= 15 is 0 Å². The zero-order chi connectivity index (χ0) is 21.7. The third-order valence-electron chi connectivity index (χ3n) is 5.42. The quantitative estimate of drug-likeness (QED) is 0.694. The van der Waals surface area contributed by atoms with Crippen molar-refractivity contribution >= 4 is 27.3 Å². The molecule has 8 heteroatoms. The van der Waals surface area contributed by atoms with Gasteiger partial charge >= 0.3 is 0 Å². The highest BCUT2D eigenvalue weighted by atomic mass is 35.5. The van der Waals surface area contributed by atoms with Crippen LogP contribution in [0.25, 0.3) is 0 Å². The predicted molar refractivity (Wildman–Crippen MR) is 116 cm³/mol. The van der Waals surface area contributed by atoms with Crippen LogP contribution in [0.1, 0.15) is 24.8 Å². The van der Waals surface area contributed by atoms with Crippen LogP contribution in [0.15, 0.2) is 47.4 Å². The molecule has 0 aliphatic carbocycles. The van der Waals surface area contributed by atoms with E-state index in [1.807, 2.05) is 0 Å². The molecule has 1 aliphatic heterocycles. The van der Waals surface area contributed by atoms with E-state index in [9.17, 15) is 13.2 Å². The maximum Gasteiger partial charge on any atom is 0.224 e. The van der Waals surface area contributed by atoms with Crippen molar-refractivity contribution in [3.63, 3.8) is 0 Å². The fraction of sp³-hybridized carbons (Fsp3) is 0.409. The second-order valence-corrected chi connectivity index (χ2v) is 9.96. The van der Waals surface area contributed by atoms with Gasteiger partial charge in [-0.25, -0.2) is 8.42 Å². The fourth-order valence-corrected chi connectivity index (χ4v) is 5.90. The van der Waals surface area contributed by atoms with Gasteiger partial charge in [0.15, 0.2) is 9.84 Å². The zero-order valence-corrected chi connectivity index (χ0v) is 18.6. The third kappa shape index (κ3) is 5.08. The van der Waals surface area contributed by atoms with E-state index in [-0.39, 0.29) is 17.2 Å². The number of carbonyl (C=O) groups excluding carboxylic acids is 1. The Balaban J connectivity index is 2.05. The number of ether oxygens (including phenoxy) is 2. The molecule has 1 heterocycles. The first-order valence-corrected chi connectivity index (χ1v) is 11.8.